The van der Waals surface area contributed by atoms with Crippen molar-refractivity contribution in [2.45, 2.75) is 0 Å². The van der Waals surface area contributed by atoms with Crippen molar-refractivity contribution in [3.05, 3.63) is 35.4 Å². The van der Waals surface area contributed by atoms with Gasteiger partial charge < -0.3 is 20.0 Å². The quantitative estimate of drug-likeness (QED) is 0.738. The topological polar surface area (TPSA) is 73.0 Å². The van der Waals surface area contributed by atoms with Crippen molar-refractivity contribution in [3.8, 4) is 0 Å². The summed E-state index contributed by atoms with van der Waals surface area (Å²) in [6.07, 6.45) is 0.806. The molecule has 0 aromatic heterocycles. The predicted octanol–water partition coefficient (Wildman–Crippen LogP) is -0.108. The molecule has 0 saturated carbocycles. The number of nitrogens with one attached hydrogen (secondary N) is 1. The first-order valence-electron chi connectivity index (χ1n) is 8.03. The van der Waals surface area contributed by atoms with Gasteiger partial charge in [-0.1, -0.05) is 6.07 Å². The molecule has 7 nitrogen and oxygen atoms in total. The summed E-state index contributed by atoms with van der Waals surface area (Å²) in [4.78, 5) is 40.8. The van der Waals surface area contributed by atoms with E-state index in [2.05, 4.69) is 5.32 Å². The molecule has 1 aromatic rings. The summed E-state index contributed by atoms with van der Waals surface area (Å²) in [5.41, 5.74) is 0.973. The largest absolute Gasteiger partial charge is 0.351 e. The zero-order valence-electron chi connectivity index (χ0n) is 14.2. The molecule has 7 heteroatoms. The van der Waals surface area contributed by atoms with Gasteiger partial charge >= 0.3 is 0 Å². The fraction of sp³-hybridized carbons (Fsp3) is 0.471. The van der Waals surface area contributed by atoms with E-state index in [4.69, 9.17) is 0 Å². The van der Waals surface area contributed by atoms with Crippen LogP contribution in [-0.4, -0.2) is 86.3 Å². The highest BCUT2D eigenvalue weighted by Crippen LogP contribution is 2.11. The molecule has 1 aromatic carbocycles. The van der Waals surface area contributed by atoms with Gasteiger partial charge in [0.05, 0.1) is 0 Å². The molecule has 24 heavy (non-hydrogen) atoms. The number of amides is 3. The number of rotatable bonds is 6. The third-order valence-electron chi connectivity index (χ3n) is 3.97. The van der Waals surface area contributed by atoms with E-state index < -0.39 is 0 Å². The molecule has 0 unspecified atom stereocenters. The van der Waals surface area contributed by atoms with Gasteiger partial charge in [0, 0.05) is 50.4 Å². The summed E-state index contributed by atoms with van der Waals surface area (Å²) < 4.78 is 0. The lowest BCUT2D eigenvalue weighted by molar-refractivity contribution is -0.119. The summed E-state index contributed by atoms with van der Waals surface area (Å²) in [5.74, 6) is -0.291. The SMILES string of the molecule is CN(C)CCNC(=O)c1cccc(C(=O)N2CCN(C=O)CC2)c1. The monoisotopic (exact) mass is 332 g/mol. The lowest BCUT2D eigenvalue weighted by atomic mass is 10.1. The number of nitrogens with zero attached hydrogens (tertiary/aromatic N) is 3. The molecule has 1 heterocycles. The second-order valence-electron chi connectivity index (χ2n) is 6.07. The Morgan fingerprint density at radius 2 is 1.83 bits per heavy atom. The highest BCUT2D eigenvalue weighted by atomic mass is 16.2. The van der Waals surface area contributed by atoms with Crippen LogP contribution in [0.25, 0.3) is 0 Å². The van der Waals surface area contributed by atoms with Gasteiger partial charge in [0.1, 0.15) is 0 Å². The van der Waals surface area contributed by atoms with Crippen LogP contribution in [0.3, 0.4) is 0 Å². The zero-order chi connectivity index (χ0) is 17.5. The molecule has 130 valence electrons. The second kappa shape index (κ2) is 8.44. The first-order valence-corrected chi connectivity index (χ1v) is 8.03. The average Bonchev–Trinajstić information content (AvgIpc) is 2.61. The molecule has 0 radical (unpaired) electrons. The average molecular weight is 332 g/mol. The highest BCUT2D eigenvalue weighted by molar-refractivity contribution is 5.99. The Hall–Kier alpha value is -2.41. The zero-order valence-corrected chi connectivity index (χ0v) is 14.2. The van der Waals surface area contributed by atoms with Crippen LogP contribution in [0.1, 0.15) is 20.7 Å². The first-order chi connectivity index (χ1) is 11.5. The Bertz CT molecular complexity index is 595. The number of hydrogen-bond donors (Lipinski definition) is 1. The van der Waals surface area contributed by atoms with Crippen LogP contribution >= 0.6 is 0 Å². The molecule has 0 spiro atoms. The van der Waals surface area contributed by atoms with Gasteiger partial charge in [-0.15, -0.1) is 0 Å². The van der Waals surface area contributed by atoms with Crippen LogP contribution in [0.5, 0.6) is 0 Å². The van der Waals surface area contributed by atoms with E-state index in [9.17, 15) is 14.4 Å². The maximum atomic E-state index is 12.6. The number of benzene rings is 1. The van der Waals surface area contributed by atoms with Crippen LogP contribution in [0.4, 0.5) is 0 Å². The lowest BCUT2D eigenvalue weighted by Crippen LogP contribution is -2.48. The summed E-state index contributed by atoms with van der Waals surface area (Å²) in [7, 11) is 3.88. The fourth-order valence-corrected chi connectivity index (χ4v) is 2.50. The van der Waals surface area contributed by atoms with Crippen LogP contribution in [-0.2, 0) is 4.79 Å². The summed E-state index contributed by atoms with van der Waals surface area (Å²) in [6, 6.07) is 6.76. The highest BCUT2D eigenvalue weighted by Gasteiger charge is 2.21. The molecule has 0 bridgehead atoms. The Labute approximate surface area is 142 Å². The fourth-order valence-electron chi connectivity index (χ4n) is 2.50. The number of carbonyl (C=O) groups excluding carboxylic acids is 3. The minimum Gasteiger partial charge on any atom is -0.351 e. The van der Waals surface area contributed by atoms with Crippen LogP contribution in [0.2, 0.25) is 0 Å². The van der Waals surface area contributed by atoms with Crippen molar-refractivity contribution < 1.29 is 14.4 Å². The number of hydrogen-bond acceptors (Lipinski definition) is 4. The summed E-state index contributed by atoms with van der Waals surface area (Å²) >= 11 is 0. The van der Waals surface area contributed by atoms with Crippen molar-refractivity contribution in [1.82, 2.24) is 20.0 Å². The number of likely N-dealkylation sites (N-methyl/N-ethyl adjacent to an activating group) is 1. The smallest absolute Gasteiger partial charge is 0.253 e. The first kappa shape index (κ1) is 17.9. The second-order valence-corrected chi connectivity index (χ2v) is 6.07. The molecule has 1 N–H and O–H groups in total. The van der Waals surface area contributed by atoms with Crippen molar-refractivity contribution in [2.75, 3.05) is 53.4 Å². The molecule has 0 aliphatic carbocycles. The molecular weight excluding hydrogens is 308 g/mol. The molecule has 1 fully saturated rings. The Morgan fingerprint density at radius 1 is 1.17 bits per heavy atom. The summed E-state index contributed by atoms with van der Waals surface area (Å²) in [6.45, 7) is 3.41. The number of carbonyl (C=O) groups is 3. The van der Waals surface area contributed by atoms with E-state index in [1.807, 2.05) is 19.0 Å². The van der Waals surface area contributed by atoms with Crippen LogP contribution in [0, 0.1) is 0 Å². The lowest BCUT2D eigenvalue weighted by Gasteiger charge is -2.32. The molecule has 1 aliphatic rings. The Morgan fingerprint density at radius 3 is 2.46 bits per heavy atom. The van der Waals surface area contributed by atoms with Crippen molar-refractivity contribution in [1.29, 1.82) is 0 Å². The van der Waals surface area contributed by atoms with Crippen molar-refractivity contribution >= 4 is 18.2 Å². The Balaban J connectivity index is 1.97. The maximum absolute atomic E-state index is 12.6. The van der Waals surface area contributed by atoms with Gasteiger partial charge in [0.2, 0.25) is 6.41 Å². The normalized spacial score (nSPS) is 14.6. The molecule has 0 atom stereocenters. The summed E-state index contributed by atoms with van der Waals surface area (Å²) in [5, 5.41) is 2.84. The molecule has 3 amide bonds. The van der Waals surface area contributed by atoms with Crippen molar-refractivity contribution in [3.63, 3.8) is 0 Å². The third kappa shape index (κ3) is 4.79. The molecular formula is C17H24N4O3. The van der Waals surface area contributed by atoms with Gasteiger partial charge in [-0.3, -0.25) is 14.4 Å². The van der Waals surface area contributed by atoms with Gasteiger partial charge in [-0.05, 0) is 32.3 Å². The van der Waals surface area contributed by atoms with E-state index in [1.54, 1.807) is 34.1 Å². The van der Waals surface area contributed by atoms with E-state index >= 15 is 0 Å². The van der Waals surface area contributed by atoms with Gasteiger partial charge in [-0.2, -0.15) is 0 Å². The van der Waals surface area contributed by atoms with Gasteiger partial charge in [0.25, 0.3) is 11.8 Å². The third-order valence-corrected chi connectivity index (χ3v) is 3.97. The maximum Gasteiger partial charge on any atom is 0.253 e. The standard InChI is InChI=1S/C17H24N4O3/c1-19(2)7-6-18-16(23)14-4-3-5-15(12-14)17(24)21-10-8-20(13-22)9-11-21/h3-5,12-13H,6-11H2,1-2H3,(H,18,23). The van der Waals surface area contributed by atoms with Crippen LogP contribution in [0.15, 0.2) is 24.3 Å². The molecule has 1 aliphatic heterocycles. The van der Waals surface area contributed by atoms with Crippen molar-refractivity contribution in [2.24, 2.45) is 0 Å². The minimum absolute atomic E-state index is 0.108. The van der Waals surface area contributed by atoms with Crippen LogP contribution < -0.4 is 5.32 Å². The van der Waals surface area contributed by atoms with Gasteiger partial charge in [-0.25, -0.2) is 0 Å². The Kier molecular flexibility index (Phi) is 6.31. The molecule has 2 rings (SSSR count). The minimum atomic E-state index is -0.183. The van der Waals surface area contributed by atoms with E-state index in [0.29, 0.717) is 43.9 Å². The predicted molar refractivity (Wildman–Crippen MR) is 90.9 cm³/mol. The van der Waals surface area contributed by atoms with Gasteiger partial charge in [0.15, 0.2) is 0 Å². The van der Waals surface area contributed by atoms with E-state index in [-0.39, 0.29) is 11.8 Å². The number of piperazine rings is 1. The molecule has 1 saturated heterocycles. The van der Waals surface area contributed by atoms with E-state index in [1.165, 1.54) is 0 Å². The van der Waals surface area contributed by atoms with E-state index in [0.717, 1.165) is 13.0 Å².